The van der Waals surface area contributed by atoms with Gasteiger partial charge in [0.2, 0.25) is 0 Å². The van der Waals surface area contributed by atoms with Crippen molar-refractivity contribution in [2.24, 2.45) is 0 Å². The van der Waals surface area contributed by atoms with E-state index >= 15 is 0 Å². The second-order valence-electron chi connectivity index (χ2n) is 3.80. The molecule has 0 aliphatic carbocycles. The van der Waals surface area contributed by atoms with Crippen molar-refractivity contribution < 1.29 is 0 Å². The Labute approximate surface area is 96.5 Å². The van der Waals surface area contributed by atoms with Gasteiger partial charge >= 0.3 is 0 Å². The SMILES string of the molecule is CCCn1ncc2c(=O)n3c(nc21)SCC3. The van der Waals surface area contributed by atoms with Crippen LogP contribution in [0.1, 0.15) is 13.3 Å². The second-order valence-corrected chi connectivity index (χ2v) is 4.87. The first-order chi connectivity index (χ1) is 7.81. The third kappa shape index (κ3) is 1.29. The van der Waals surface area contributed by atoms with E-state index in [4.69, 9.17) is 0 Å². The summed E-state index contributed by atoms with van der Waals surface area (Å²) in [6.07, 6.45) is 2.63. The third-order valence-electron chi connectivity index (χ3n) is 2.70. The van der Waals surface area contributed by atoms with E-state index in [0.717, 1.165) is 36.1 Å². The first-order valence-corrected chi connectivity index (χ1v) is 6.39. The molecule has 0 saturated heterocycles. The predicted molar refractivity (Wildman–Crippen MR) is 62.8 cm³/mol. The number of rotatable bonds is 2. The zero-order valence-corrected chi connectivity index (χ0v) is 9.83. The Morgan fingerprint density at radius 3 is 3.25 bits per heavy atom. The standard InChI is InChI=1S/C10H12N4OS/c1-2-3-14-8-7(6-11-14)9(15)13-4-5-16-10(13)12-8/h6H,2-5H2,1H3. The number of aromatic nitrogens is 4. The maximum atomic E-state index is 12.1. The Balaban J connectivity index is 2.30. The molecular weight excluding hydrogens is 224 g/mol. The van der Waals surface area contributed by atoms with Gasteiger partial charge in [0.25, 0.3) is 5.56 Å². The van der Waals surface area contributed by atoms with Gasteiger partial charge in [0.15, 0.2) is 10.8 Å². The Bertz CT molecular complexity index is 601. The Morgan fingerprint density at radius 1 is 1.56 bits per heavy atom. The lowest BCUT2D eigenvalue weighted by Crippen LogP contribution is -2.20. The minimum atomic E-state index is 0.0485. The minimum absolute atomic E-state index is 0.0485. The van der Waals surface area contributed by atoms with Crippen LogP contribution in [-0.4, -0.2) is 25.1 Å². The van der Waals surface area contributed by atoms with Gasteiger partial charge in [0.1, 0.15) is 5.39 Å². The van der Waals surface area contributed by atoms with Crippen LogP contribution in [0.2, 0.25) is 0 Å². The molecule has 0 bridgehead atoms. The molecule has 0 unspecified atom stereocenters. The van der Waals surface area contributed by atoms with Crippen molar-refractivity contribution in [2.75, 3.05) is 5.75 Å². The van der Waals surface area contributed by atoms with Crippen LogP contribution in [0.5, 0.6) is 0 Å². The van der Waals surface area contributed by atoms with Crippen molar-refractivity contribution in [2.45, 2.75) is 31.6 Å². The summed E-state index contributed by atoms with van der Waals surface area (Å²) in [6.45, 7) is 3.66. The summed E-state index contributed by atoms with van der Waals surface area (Å²) in [5, 5.41) is 5.69. The second kappa shape index (κ2) is 3.62. The smallest absolute Gasteiger partial charge is 0.265 e. The van der Waals surface area contributed by atoms with Crippen molar-refractivity contribution in [3.63, 3.8) is 0 Å². The van der Waals surface area contributed by atoms with Crippen LogP contribution in [-0.2, 0) is 13.1 Å². The molecule has 2 aromatic heterocycles. The fourth-order valence-electron chi connectivity index (χ4n) is 1.94. The monoisotopic (exact) mass is 236 g/mol. The highest BCUT2D eigenvalue weighted by Gasteiger charge is 2.18. The number of thioether (sulfide) groups is 1. The molecule has 1 aliphatic heterocycles. The molecule has 5 nitrogen and oxygen atoms in total. The van der Waals surface area contributed by atoms with Crippen LogP contribution in [0.15, 0.2) is 16.1 Å². The highest BCUT2D eigenvalue weighted by molar-refractivity contribution is 7.99. The normalized spacial score (nSPS) is 14.6. The molecule has 0 radical (unpaired) electrons. The van der Waals surface area contributed by atoms with Crippen molar-refractivity contribution in [3.8, 4) is 0 Å². The van der Waals surface area contributed by atoms with Crippen molar-refractivity contribution in [3.05, 3.63) is 16.6 Å². The number of hydrogen-bond donors (Lipinski definition) is 0. The molecule has 0 saturated carbocycles. The molecule has 0 spiro atoms. The highest BCUT2D eigenvalue weighted by Crippen LogP contribution is 2.23. The third-order valence-corrected chi connectivity index (χ3v) is 3.66. The molecule has 3 rings (SSSR count). The topological polar surface area (TPSA) is 52.7 Å². The summed E-state index contributed by atoms with van der Waals surface area (Å²) < 4.78 is 3.56. The van der Waals surface area contributed by atoms with Gasteiger partial charge in [-0.1, -0.05) is 18.7 Å². The first-order valence-electron chi connectivity index (χ1n) is 5.40. The summed E-state index contributed by atoms with van der Waals surface area (Å²) in [5.74, 6) is 0.941. The maximum absolute atomic E-state index is 12.1. The van der Waals surface area contributed by atoms with Crippen molar-refractivity contribution in [1.29, 1.82) is 0 Å². The molecular formula is C10H12N4OS. The molecule has 84 valence electrons. The Kier molecular flexibility index (Phi) is 2.24. The molecule has 16 heavy (non-hydrogen) atoms. The number of aryl methyl sites for hydroxylation is 1. The summed E-state index contributed by atoms with van der Waals surface area (Å²) in [5.41, 5.74) is 0.778. The van der Waals surface area contributed by atoms with E-state index in [1.54, 1.807) is 22.5 Å². The van der Waals surface area contributed by atoms with Crippen molar-refractivity contribution in [1.82, 2.24) is 19.3 Å². The van der Waals surface area contributed by atoms with Gasteiger partial charge in [-0.3, -0.25) is 9.36 Å². The van der Waals surface area contributed by atoms with E-state index in [1.807, 2.05) is 4.68 Å². The largest absolute Gasteiger partial charge is 0.286 e. The Morgan fingerprint density at radius 2 is 2.44 bits per heavy atom. The van der Waals surface area contributed by atoms with E-state index in [9.17, 15) is 4.79 Å². The van der Waals surface area contributed by atoms with Crippen LogP contribution in [0.3, 0.4) is 0 Å². The molecule has 0 amide bonds. The van der Waals surface area contributed by atoms with E-state index in [2.05, 4.69) is 17.0 Å². The molecule has 3 heterocycles. The predicted octanol–water partition coefficient (Wildman–Crippen LogP) is 1.11. The zero-order chi connectivity index (χ0) is 11.1. The lowest BCUT2D eigenvalue weighted by atomic mass is 10.4. The molecule has 0 N–H and O–H groups in total. The van der Waals surface area contributed by atoms with E-state index in [0.29, 0.717) is 5.39 Å². The van der Waals surface area contributed by atoms with E-state index < -0.39 is 0 Å². The minimum Gasteiger partial charge on any atom is -0.286 e. The fraction of sp³-hybridized carbons (Fsp3) is 0.500. The molecule has 1 aliphatic rings. The summed E-state index contributed by atoms with van der Waals surface area (Å²) >= 11 is 1.64. The van der Waals surface area contributed by atoms with Crippen LogP contribution < -0.4 is 5.56 Å². The molecule has 6 heteroatoms. The van der Waals surface area contributed by atoms with Crippen molar-refractivity contribution >= 4 is 22.8 Å². The lowest BCUT2D eigenvalue weighted by molar-refractivity contribution is 0.607. The molecule has 0 aromatic carbocycles. The average molecular weight is 236 g/mol. The molecule has 0 fully saturated rings. The summed E-state index contributed by atoms with van der Waals surface area (Å²) in [4.78, 5) is 16.6. The zero-order valence-electron chi connectivity index (χ0n) is 9.01. The van der Waals surface area contributed by atoms with Crippen LogP contribution >= 0.6 is 11.8 Å². The highest BCUT2D eigenvalue weighted by atomic mass is 32.2. The average Bonchev–Trinajstić information content (AvgIpc) is 2.87. The van der Waals surface area contributed by atoms with Crippen LogP contribution in [0.25, 0.3) is 11.0 Å². The van der Waals surface area contributed by atoms with Gasteiger partial charge in [0, 0.05) is 18.8 Å². The summed E-state index contributed by atoms with van der Waals surface area (Å²) in [7, 11) is 0. The molecule has 2 aromatic rings. The fourth-order valence-corrected chi connectivity index (χ4v) is 2.88. The van der Waals surface area contributed by atoms with E-state index in [1.165, 1.54) is 0 Å². The maximum Gasteiger partial charge on any atom is 0.265 e. The van der Waals surface area contributed by atoms with Crippen LogP contribution in [0.4, 0.5) is 0 Å². The van der Waals surface area contributed by atoms with Gasteiger partial charge in [-0.2, -0.15) is 5.10 Å². The number of fused-ring (bicyclic) bond motifs is 2. The number of nitrogens with zero attached hydrogens (tertiary/aromatic N) is 4. The van der Waals surface area contributed by atoms with E-state index in [-0.39, 0.29) is 5.56 Å². The van der Waals surface area contributed by atoms with Gasteiger partial charge in [-0.25, -0.2) is 9.67 Å². The van der Waals surface area contributed by atoms with Gasteiger partial charge in [-0.05, 0) is 6.42 Å². The van der Waals surface area contributed by atoms with Gasteiger partial charge in [-0.15, -0.1) is 0 Å². The quantitative estimate of drug-likeness (QED) is 0.733. The first kappa shape index (κ1) is 9.89. The number of hydrogen-bond acceptors (Lipinski definition) is 4. The van der Waals surface area contributed by atoms with Crippen LogP contribution in [0, 0.1) is 0 Å². The van der Waals surface area contributed by atoms with Gasteiger partial charge < -0.3 is 0 Å². The Hall–Kier alpha value is -1.30. The lowest BCUT2D eigenvalue weighted by Gasteiger charge is -2.03. The van der Waals surface area contributed by atoms with Gasteiger partial charge in [0.05, 0.1) is 6.20 Å². The summed E-state index contributed by atoms with van der Waals surface area (Å²) in [6, 6.07) is 0. The molecule has 0 atom stereocenters.